The Morgan fingerprint density at radius 2 is 2.03 bits per heavy atom. The van der Waals surface area contributed by atoms with Crippen LogP contribution in [0.2, 0.25) is 0 Å². The Bertz CT molecular complexity index is 1120. The SMILES string of the molecule is CN1CCN(n2c3c(c(SCC(=O)Nc4ccc(F)c([N+](=O)[O-])c4)nc2=O)CCC3)CC1. The minimum absolute atomic E-state index is 0.0252. The van der Waals surface area contributed by atoms with Gasteiger partial charge in [-0.15, -0.1) is 0 Å². The van der Waals surface area contributed by atoms with Crippen molar-refractivity contribution in [2.45, 2.75) is 24.3 Å². The summed E-state index contributed by atoms with van der Waals surface area (Å²) < 4.78 is 15.2. The Kier molecular flexibility index (Phi) is 6.42. The highest BCUT2D eigenvalue weighted by Gasteiger charge is 2.26. The van der Waals surface area contributed by atoms with Crippen LogP contribution in [0.15, 0.2) is 28.0 Å². The van der Waals surface area contributed by atoms with Crippen LogP contribution in [0.5, 0.6) is 0 Å². The topological polar surface area (TPSA) is 114 Å². The highest BCUT2D eigenvalue weighted by molar-refractivity contribution is 8.00. The molecular weight excluding hydrogens is 439 g/mol. The van der Waals surface area contributed by atoms with Crippen molar-refractivity contribution in [2.24, 2.45) is 0 Å². The quantitative estimate of drug-likeness (QED) is 0.297. The Hall–Kier alpha value is -2.99. The van der Waals surface area contributed by atoms with Crippen LogP contribution < -0.4 is 16.0 Å². The van der Waals surface area contributed by atoms with Crippen LogP contribution in [0.4, 0.5) is 15.8 Å². The largest absolute Gasteiger partial charge is 0.367 e. The molecule has 1 saturated heterocycles. The predicted molar refractivity (Wildman–Crippen MR) is 118 cm³/mol. The number of carbonyl (C=O) groups is 1. The van der Waals surface area contributed by atoms with E-state index in [0.29, 0.717) is 5.03 Å². The molecule has 2 heterocycles. The first-order valence-corrected chi connectivity index (χ1v) is 11.3. The maximum absolute atomic E-state index is 13.5. The highest BCUT2D eigenvalue weighted by Crippen LogP contribution is 2.29. The number of carbonyl (C=O) groups excluding carboxylic acids is 1. The standard InChI is InChI=1S/C20H23FN6O4S/c1-24-7-9-25(10-8-24)26-16-4-2-3-14(16)19(23-20(26)29)32-12-18(28)22-13-5-6-15(21)17(11-13)27(30)31/h5-6,11H,2-4,7-10,12H2,1H3,(H,22,28). The molecule has 0 atom stereocenters. The number of hydrogen-bond acceptors (Lipinski definition) is 8. The number of likely N-dealkylation sites (N-methyl/N-ethyl adjacent to an activating group) is 1. The molecule has 1 aromatic heterocycles. The van der Waals surface area contributed by atoms with Gasteiger partial charge in [0, 0.05) is 43.5 Å². The Morgan fingerprint density at radius 1 is 1.28 bits per heavy atom. The molecule has 1 aromatic carbocycles. The van der Waals surface area contributed by atoms with E-state index in [-0.39, 0.29) is 17.1 Å². The Labute approximate surface area is 187 Å². The number of benzene rings is 1. The number of rotatable bonds is 6. The van der Waals surface area contributed by atoms with Crippen LogP contribution in [0.25, 0.3) is 0 Å². The first-order valence-electron chi connectivity index (χ1n) is 10.3. The van der Waals surface area contributed by atoms with Crippen molar-refractivity contribution >= 4 is 29.0 Å². The van der Waals surface area contributed by atoms with E-state index in [0.717, 1.165) is 68.8 Å². The monoisotopic (exact) mass is 462 g/mol. The second kappa shape index (κ2) is 9.25. The third-order valence-electron chi connectivity index (χ3n) is 5.61. The van der Waals surface area contributed by atoms with Crippen molar-refractivity contribution < 1.29 is 14.1 Å². The lowest BCUT2D eigenvalue weighted by Gasteiger charge is -2.35. The molecule has 0 bridgehead atoms. The number of nitrogens with zero attached hydrogens (tertiary/aromatic N) is 5. The number of nitro benzene ring substituents is 1. The van der Waals surface area contributed by atoms with Crippen molar-refractivity contribution in [2.75, 3.05) is 49.3 Å². The number of amides is 1. The number of piperazine rings is 1. The van der Waals surface area contributed by atoms with E-state index in [1.165, 1.54) is 17.8 Å². The van der Waals surface area contributed by atoms with E-state index < -0.39 is 22.3 Å². The van der Waals surface area contributed by atoms with Crippen molar-refractivity contribution in [1.29, 1.82) is 0 Å². The van der Waals surface area contributed by atoms with Crippen LogP contribution in [0.1, 0.15) is 17.7 Å². The van der Waals surface area contributed by atoms with Gasteiger partial charge in [-0.25, -0.2) is 9.47 Å². The van der Waals surface area contributed by atoms with E-state index in [2.05, 4.69) is 22.2 Å². The molecular formula is C20H23FN6O4S. The molecule has 10 nitrogen and oxygen atoms in total. The van der Waals surface area contributed by atoms with Gasteiger partial charge in [-0.05, 0) is 38.4 Å². The number of thioether (sulfide) groups is 1. The second-order valence-corrected chi connectivity index (χ2v) is 8.77. The van der Waals surface area contributed by atoms with Crippen molar-refractivity contribution in [3.05, 3.63) is 55.9 Å². The number of nitro groups is 1. The number of aromatic nitrogens is 2. The fraction of sp³-hybridized carbons (Fsp3) is 0.450. The van der Waals surface area contributed by atoms with Crippen LogP contribution >= 0.6 is 11.8 Å². The van der Waals surface area contributed by atoms with Gasteiger partial charge in [0.2, 0.25) is 11.7 Å². The molecule has 12 heteroatoms. The third kappa shape index (κ3) is 4.60. The summed E-state index contributed by atoms with van der Waals surface area (Å²) in [6.07, 6.45) is 2.51. The maximum Gasteiger partial charge on any atom is 0.367 e. The molecule has 0 saturated carbocycles. The molecule has 1 aliphatic heterocycles. The van der Waals surface area contributed by atoms with E-state index >= 15 is 0 Å². The van der Waals surface area contributed by atoms with Gasteiger partial charge < -0.3 is 15.2 Å². The van der Waals surface area contributed by atoms with Crippen LogP contribution in [0.3, 0.4) is 0 Å². The minimum Gasteiger partial charge on any atom is -0.325 e. The van der Waals surface area contributed by atoms with Gasteiger partial charge in [-0.1, -0.05) is 11.8 Å². The molecule has 32 heavy (non-hydrogen) atoms. The third-order valence-corrected chi connectivity index (χ3v) is 6.63. The van der Waals surface area contributed by atoms with E-state index in [1.54, 1.807) is 4.68 Å². The van der Waals surface area contributed by atoms with Gasteiger partial charge in [0.1, 0.15) is 5.03 Å². The highest BCUT2D eigenvalue weighted by atomic mass is 32.2. The molecule has 0 spiro atoms. The number of hydrogen-bond donors (Lipinski definition) is 1. The molecule has 4 rings (SSSR count). The van der Waals surface area contributed by atoms with E-state index in [1.807, 2.05) is 5.01 Å². The molecule has 0 unspecified atom stereocenters. The predicted octanol–water partition coefficient (Wildman–Crippen LogP) is 1.39. The number of halogens is 1. The summed E-state index contributed by atoms with van der Waals surface area (Å²) in [6.45, 7) is 3.26. The summed E-state index contributed by atoms with van der Waals surface area (Å²) >= 11 is 1.17. The average molecular weight is 463 g/mol. The van der Waals surface area contributed by atoms with Crippen LogP contribution in [-0.2, 0) is 17.6 Å². The fourth-order valence-corrected chi connectivity index (χ4v) is 4.85. The summed E-state index contributed by atoms with van der Waals surface area (Å²) in [5.41, 5.74) is 1.05. The molecule has 1 amide bonds. The Balaban J connectivity index is 1.47. The van der Waals surface area contributed by atoms with Crippen molar-refractivity contribution in [1.82, 2.24) is 14.6 Å². The number of fused-ring (bicyclic) bond motifs is 1. The van der Waals surface area contributed by atoms with Crippen molar-refractivity contribution in [3.63, 3.8) is 0 Å². The second-order valence-electron chi connectivity index (χ2n) is 7.81. The number of nitrogens with one attached hydrogen (secondary N) is 1. The average Bonchev–Trinajstić information content (AvgIpc) is 3.24. The van der Waals surface area contributed by atoms with Gasteiger partial charge in [-0.3, -0.25) is 14.9 Å². The summed E-state index contributed by atoms with van der Waals surface area (Å²) in [4.78, 5) is 41.7. The van der Waals surface area contributed by atoms with E-state index in [4.69, 9.17) is 0 Å². The van der Waals surface area contributed by atoms with Gasteiger partial charge >= 0.3 is 11.4 Å². The van der Waals surface area contributed by atoms with Gasteiger partial charge in [0.15, 0.2) is 0 Å². The molecule has 1 N–H and O–H groups in total. The first kappa shape index (κ1) is 22.2. The van der Waals surface area contributed by atoms with Crippen LogP contribution in [0, 0.1) is 15.9 Å². The zero-order valence-electron chi connectivity index (χ0n) is 17.5. The van der Waals surface area contributed by atoms with Gasteiger partial charge in [0.25, 0.3) is 0 Å². The smallest absolute Gasteiger partial charge is 0.325 e. The first-order chi connectivity index (χ1) is 15.3. The van der Waals surface area contributed by atoms with Gasteiger partial charge in [-0.2, -0.15) is 9.37 Å². The van der Waals surface area contributed by atoms with Crippen molar-refractivity contribution in [3.8, 4) is 0 Å². The minimum atomic E-state index is -0.969. The summed E-state index contributed by atoms with van der Waals surface area (Å²) in [6, 6.07) is 3.18. The molecule has 170 valence electrons. The Morgan fingerprint density at radius 3 is 2.75 bits per heavy atom. The molecule has 1 fully saturated rings. The van der Waals surface area contributed by atoms with Crippen LogP contribution in [-0.4, -0.2) is 64.4 Å². The van der Waals surface area contributed by atoms with Gasteiger partial charge in [0.05, 0.1) is 16.4 Å². The summed E-state index contributed by atoms with van der Waals surface area (Å²) in [5, 5.41) is 16.0. The number of anilines is 1. The van der Waals surface area contributed by atoms with E-state index in [9.17, 15) is 24.1 Å². The summed E-state index contributed by atoms with van der Waals surface area (Å²) in [5.74, 6) is -1.42. The zero-order valence-corrected chi connectivity index (χ0v) is 18.4. The normalized spacial score (nSPS) is 16.1. The lowest BCUT2D eigenvalue weighted by Crippen LogP contribution is -2.54. The lowest BCUT2D eigenvalue weighted by atomic mass is 10.2. The molecule has 2 aliphatic rings. The summed E-state index contributed by atoms with van der Waals surface area (Å²) in [7, 11) is 2.05. The molecule has 1 aliphatic carbocycles. The molecule has 2 aromatic rings. The lowest BCUT2D eigenvalue weighted by molar-refractivity contribution is -0.387. The molecule has 0 radical (unpaired) electrons. The maximum atomic E-state index is 13.5. The zero-order chi connectivity index (χ0) is 22.8. The fourth-order valence-electron chi connectivity index (χ4n) is 3.98.